The normalized spacial score (nSPS) is 11.5. The molecule has 0 amide bonds. The Bertz CT molecular complexity index is 908. The molecule has 5 nitrogen and oxygen atoms in total. The molecule has 1 N–H and O–H groups in total. The molecule has 3 aromatic rings. The molecule has 2 heterocycles. The van der Waals surface area contributed by atoms with Gasteiger partial charge in [0, 0.05) is 24.6 Å². The molecule has 1 aromatic carbocycles. The summed E-state index contributed by atoms with van der Waals surface area (Å²) in [6.45, 7) is 4.15. The summed E-state index contributed by atoms with van der Waals surface area (Å²) in [5.74, 6) is 0.494. The summed E-state index contributed by atoms with van der Waals surface area (Å²) in [7, 11) is 1.96. The number of para-hydroxylation sites is 1. The number of aliphatic carboxylic acids is 1. The zero-order valence-corrected chi connectivity index (χ0v) is 14.4. The lowest BCUT2D eigenvalue weighted by atomic mass is 10.1. The molecule has 0 atom stereocenters. The first-order valence-corrected chi connectivity index (χ1v) is 8.09. The van der Waals surface area contributed by atoms with Crippen molar-refractivity contribution in [3.8, 4) is 11.3 Å². The summed E-state index contributed by atoms with van der Waals surface area (Å²) in [6, 6.07) is 13.8. The van der Waals surface area contributed by atoms with Crippen molar-refractivity contribution < 1.29 is 14.3 Å². The Hall–Kier alpha value is -3.08. The summed E-state index contributed by atoms with van der Waals surface area (Å²) >= 11 is 0. The first-order valence-electron chi connectivity index (χ1n) is 8.09. The maximum atomic E-state index is 10.7. The fourth-order valence-electron chi connectivity index (χ4n) is 2.53. The minimum Gasteiger partial charge on any atom is -0.478 e. The van der Waals surface area contributed by atoms with Crippen LogP contribution in [-0.2, 0) is 4.79 Å². The van der Waals surface area contributed by atoms with Gasteiger partial charge in [0.15, 0.2) is 0 Å². The summed E-state index contributed by atoms with van der Waals surface area (Å²) in [5, 5.41) is 9.85. The third kappa shape index (κ3) is 3.55. The average Bonchev–Trinajstić information content (AvgIpc) is 3.02. The lowest BCUT2D eigenvalue weighted by Crippen LogP contribution is -2.27. The van der Waals surface area contributed by atoms with Crippen LogP contribution in [0.2, 0.25) is 0 Å². The van der Waals surface area contributed by atoms with E-state index in [4.69, 9.17) is 9.52 Å². The van der Waals surface area contributed by atoms with E-state index in [0.717, 1.165) is 34.2 Å². The predicted molar refractivity (Wildman–Crippen MR) is 99.7 cm³/mol. The van der Waals surface area contributed by atoms with E-state index >= 15 is 0 Å². The summed E-state index contributed by atoms with van der Waals surface area (Å²) < 4.78 is 5.98. The minimum absolute atomic E-state index is 0.231. The second-order valence-corrected chi connectivity index (χ2v) is 6.13. The highest BCUT2D eigenvalue weighted by Crippen LogP contribution is 2.34. The Kier molecular flexibility index (Phi) is 4.57. The van der Waals surface area contributed by atoms with Gasteiger partial charge in [0.2, 0.25) is 0 Å². The topological polar surface area (TPSA) is 66.6 Å². The van der Waals surface area contributed by atoms with Gasteiger partial charge in [-0.1, -0.05) is 18.2 Å². The van der Waals surface area contributed by atoms with Crippen LogP contribution in [-0.4, -0.2) is 29.1 Å². The van der Waals surface area contributed by atoms with E-state index in [1.165, 1.54) is 6.08 Å². The quantitative estimate of drug-likeness (QED) is 0.698. The number of benzene rings is 1. The molecule has 0 saturated heterocycles. The molecule has 0 spiro atoms. The molecule has 128 valence electrons. The largest absolute Gasteiger partial charge is 0.478 e. The molecular formula is C20H20N2O3. The van der Waals surface area contributed by atoms with E-state index in [9.17, 15) is 4.79 Å². The van der Waals surface area contributed by atoms with Gasteiger partial charge in [-0.2, -0.15) is 0 Å². The number of hydrogen-bond donors (Lipinski definition) is 1. The van der Waals surface area contributed by atoms with Crippen LogP contribution in [0.1, 0.15) is 19.5 Å². The molecule has 0 aliphatic carbocycles. The van der Waals surface area contributed by atoms with Crippen LogP contribution in [0.15, 0.2) is 53.0 Å². The summed E-state index contributed by atoms with van der Waals surface area (Å²) in [5.41, 5.74) is 2.29. The molecule has 0 fully saturated rings. The number of nitrogens with zero attached hydrogens (tertiary/aromatic N) is 2. The van der Waals surface area contributed by atoms with Crippen LogP contribution in [0.3, 0.4) is 0 Å². The average molecular weight is 336 g/mol. The maximum absolute atomic E-state index is 10.7. The van der Waals surface area contributed by atoms with Gasteiger partial charge < -0.3 is 14.4 Å². The van der Waals surface area contributed by atoms with Gasteiger partial charge in [-0.3, -0.25) is 0 Å². The monoisotopic (exact) mass is 336 g/mol. The highest BCUT2D eigenvalue weighted by atomic mass is 16.4. The summed E-state index contributed by atoms with van der Waals surface area (Å²) in [6.07, 6.45) is 2.57. The number of carbonyl (C=O) groups is 1. The van der Waals surface area contributed by atoms with Gasteiger partial charge in [0.1, 0.15) is 17.2 Å². The molecular weight excluding hydrogens is 316 g/mol. The fraction of sp³-hybridized carbons (Fsp3) is 0.200. The lowest BCUT2D eigenvalue weighted by Gasteiger charge is -2.25. The van der Waals surface area contributed by atoms with E-state index in [-0.39, 0.29) is 6.04 Å². The van der Waals surface area contributed by atoms with E-state index < -0.39 is 5.97 Å². The van der Waals surface area contributed by atoms with Gasteiger partial charge >= 0.3 is 5.97 Å². The number of carboxylic acids is 1. The van der Waals surface area contributed by atoms with Crippen LogP contribution in [0, 0.1) is 0 Å². The van der Waals surface area contributed by atoms with Gasteiger partial charge in [0.05, 0.1) is 11.3 Å². The first-order chi connectivity index (χ1) is 12.0. The van der Waals surface area contributed by atoms with Crippen molar-refractivity contribution in [2.75, 3.05) is 11.9 Å². The van der Waals surface area contributed by atoms with Crippen molar-refractivity contribution in [3.63, 3.8) is 0 Å². The Balaban J connectivity index is 2.12. The molecule has 2 aromatic heterocycles. The molecule has 5 heteroatoms. The zero-order valence-electron chi connectivity index (χ0n) is 14.4. The van der Waals surface area contributed by atoms with Gasteiger partial charge in [0.25, 0.3) is 0 Å². The highest BCUT2D eigenvalue weighted by molar-refractivity contribution is 5.87. The Labute approximate surface area is 146 Å². The number of anilines is 1. The molecule has 0 radical (unpaired) electrons. The molecule has 0 aliphatic heterocycles. The number of hydrogen-bond acceptors (Lipinski definition) is 4. The minimum atomic E-state index is -0.998. The smallest absolute Gasteiger partial charge is 0.328 e. The maximum Gasteiger partial charge on any atom is 0.328 e. The second kappa shape index (κ2) is 6.81. The zero-order chi connectivity index (χ0) is 18.0. The van der Waals surface area contributed by atoms with E-state index in [0.29, 0.717) is 5.69 Å². The lowest BCUT2D eigenvalue weighted by molar-refractivity contribution is -0.131. The van der Waals surface area contributed by atoms with Crippen LogP contribution in [0.5, 0.6) is 0 Å². The van der Waals surface area contributed by atoms with E-state index in [2.05, 4.69) is 18.8 Å². The number of carboxylic acid groups (broad SMARTS) is 1. The molecule has 0 bridgehead atoms. The third-order valence-corrected chi connectivity index (χ3v) is 4.09. The summed E-state index contributed by atoms with van der Waals surface area (Å²) in [4.78, 5) is 17.4. The van der Waals surface area contributed by atoms with E-state index in [1.54, 1.807) is 6.07 Å². The van der Waals surface area contributed by atoms with Gasteiger partial charge in [-0.15, -0.1) is 0 Å². The molecule has 0 unspecified atom stereocenters. The fourth-order valence-corrected chi connectivity index (χ4v) is 2.53. The van der Waals surface area contributed by atoms with Crippen molar-refractivity contribution in [2.45, 2.75) is 19.9 Å². The van der Waals surface area contributed by atoms with Crippen LogP contribution in [0.4, 0.5) is 5.82 Å². The number of fused-ring (bicyclic) bond motifs is 1. The first kappa shape index (κ1) is 16.8. The number of rotatable bonds is 5. The second-order valence-electron chi connectivity index (χ2n) is 6.13. The predicted octanol–water partition coefficient (Wildman–Crippen LogP) is 4.44. The molecule has 3 rings (SSSR count). The Morgan fingerprint density at radius 2 is 2.00 bits per heavy atom. The molecule has 0 saturated carbocycles. The van der Waals surface area contributed by atoms with Crippen LogP contribution >= 0.6 is 0 Å². The van der Waals surface area contributed by atoms with Crippen molar-refractivity contribution >= 4 is 28.8 Å². The third-order valence-electron chi connectivity index (χ3n) is 4.09. The van der Waals surface area contributed by atoms with Gasteiger partial charge in [-0.05, 0) is 44.2 Å². The molecule has 0 aliphatic rings. The van der Waals surface area contributed by atoms with Crippen molar-refractivity contribution in [1.29, 1.82) is 0 Å². The van der Waals surface area contributed by atoms with Crippen molar-refractivity contribution in [3.05, 3.63) is 54.2 Å². The SMILES string of the molecule is CC(C)N(C)c1nc(/C=C/C(=O)O)ccc1-c1cc2ccccc2o1. The Morgan fingerprint density at radius 1 is 1.24 bits per heavy atom. The van der Waals surface area contributed by atoms with Crippen molar-refractivity contribution in [2.24, 2.45) is 0 Å². The molecule has 25 heavy (non-hydrogen) atoms. The number of pyridine rings is 1. The van der Waals surface area contributed by atoms with Crippen LogP contribution in [0.25, 0.3) is 28.4 Å². The number of furan rings is 1. The number of aromatic nitrogens is 1. The van der Waals surface area contributed by atoms with Crippen molar-refractivity contribution in [1.82, 2.24) is 4.98 Å². The highest BCUT2D eigenvalue weighted by Gasteiger charge is 2.17. The van der Waals surface area contributed by atoms with E-state index in [1.807, 2.05) is 48.3 Å². The van der Waals surface area contributed by atoms with Crippen LogP contribution < -0.4 is 4.90 Å². The standard InChI is InChI=1S/C20H20N2O3/c1-13(2)22(3)20-16(10-8-15(21-20)9-11-19(23)24)18-12-14-6-4-5-7-17(14)25-18/h4-13H,1-3H3,(H,23,24)/b11-9+. The Morgan fingerprint density at radius 3 is 2.68 bits per heavy atom. The van der Waals surface area contributed by atoms with Gasteiger partial charge in [-0.25, -0.2) is 9.78 Å².